The predicted molar refractivity (Wildman–Crippen MR) is 109 cm³/mol. The monoisotopic (exact) mass is 391 g/mol. The zero-order valence-corrected chi connectivity index (χ0v) is 16.8. The number of halogens is 1. The van der Waals surface area contributed by atoms with Crippen molar-refractivity contribution in [1.82, 2.24) is 4.90 Å². The van der Waals surface area contributed by atoms with Gasteiger partial charge in [-0.15, -0.1) is 0 Å². The maximum atomic E-state index is 12.8. The van der Waals surface area contributed by atoms with Crippen LogP contribution in [0.3, 0.4) is 0 Å². The van der Waals surface area contributed by atoms with Crippen molar-refractivity contribution in [2.45, 2.75) is 57.4 Å². The molecular weight excluding hydrogens is 362 g/mol. The highest BCUT2D eigenvalue weighted by atomic mass is 35.5. The van der Waals surface area contributed by atoms with E-state index in [-0.39, 0.29) is 29.7 Å². The fourth-order valence-corrected chi connectivity index (χ4v) is 4.75. The van der Waals surface area contributed by atoms with Gasteiger partial charge in [-0.1, -0.05) is 37.3 Å². The molecule has 1 aromatic rings. The molecule has 0 bridgehead atoms. The third kappa shape index (κ3) is 4.64. The number of carbonyl (C=O) groups excluding carboxylic acids is 2. The molecule has 0 unspecified atom stereocenters. The molecule has 0 spiro atoms. The molecule has 0 radical (unpaired) electrons. The van der Waals surface area contributed by atoms with Crippen LogP contribution in [0.2, 0.25) is 5.02 Å². The Balaban J connectivity index is 1.66. The Morgan fingerprint density at radius 2 is 1.89 bits per heavy atom. The molecule has 0 heterocycles. The van der Waals surface area contributed by atoms with Crippen LogP contribution < -0.4 is 11.1 Å². The number of rotatable bonds is 5. The number of hydrogen-bond donors (Lipinski definition) is 2. The Bertz CT molecular complexity index is 688. The molecule has 1 aromatic carbocycles. The van der Waals surface area contributed by atoms with Crippen molar-refractivity contribution < 1.29 is 9.59 Å². The lowest BCUT2D eigenvalue weighted by atomic mass is 9.94. The van der Waals surface area contributed by atoms with Crippen molar-refractivity contribution in [2.24, 2.45) is 17.6 Å². The summed E-state index contributed by atoms with van der Waals surface area (Å²) in [4.78, 5) is 27.2. The predicted octanol–water partition coefficient (Wildman–Crippen LogP) is 4.06. The lowest BCUT2D eigenvalue weighted by molar-refractivity contribution is -0.120. The van der Waals surface area contributed by atoms with Crippen molar-refractivity contribution >= 4 is 29.1 Å². The Kier molecular flexibility index (Phi) is 6.77. The highest BCUT2D eigenvalue weighted by Gasteiger charge is 2.32. The average molecular weight is 392 g/mol. The van der Waals surface area contributed by atoms with E-state index in [1.165, 1.54) is 19.3 Å². The van der Waals surface area contributed by atoms with E-state index < -0.39 is 0 Å². The maximum Gasteiger partial charge on any atom is 0.255 e. The molecule has 3 rings (SSSR count). The van der Waals surface area contributed by atoms with Gasteiger partial charge in [0, 0.05) is 24.7 Å². The van der Waals surface area contributed by atoms with Gasteiger partial charge in [-0.05, 0) is 56.3 Å². The third-order valence-electron chi connectivity index (χ3n) is 6.21. The van der Waals surface area contributed by atoms with E-state index in [2.05, 4.69) is 5.32 Å². The summed E-state index contributed by atoms with van der Waals surface area (Å²) in [6, 6.07) is 5.44. The number of benzene rings is 1. The van der Waals surface area contributed by atoms with Crippen LogP contribution in [0, 0.1) is 11.8 Å². The lowest BCUT2D eigenvalue weighted by Gasteiger charge is -2.31. The molecular formula is C21H30ClN3O2. The van der Waals surface area contributed by atoms with Crippen LogP contribution in [0.25, 0.3) is 0 Å². The molecule has 0 aromatic heterocycles. The molecule has 2 amide bonds. The van der Waals surface area contributed by atoms with Crippen LogP contribution in [0.5, 0.6) is 0 Å². The van der Waals surface area contributed by atoms with Gasteiger partial charge >= 0.3 is 0 Å². The first-order valence-electron chi connectivity index (χ1n) is 10.1. The summed E-state index contributed by atoms with van der Waals surface area (Å²) in [5, 5.41) is 3.32. The van der Waals surface area contributed by atoms with Crippen LogP contribution in [0.4, 0.5) is 5.69 Å². The van der Waals surface area contributed by atoms with E-state index in [1.54, 1.807) is 18.2 Å². The number of hydrogen-bond acceptors (Lipinski definition) is 3. The zero-order chi connectivity index (χ0) is 19.4. The van der Waals surface area contributed by atoms with E-state index >= 15 is 0 Å². The number of amides is 2. The molecule has 3 N–H and O–H groups in total. The van der Waals surface area contributed by atoms with Gasteiger partial charge in [0.15, 0.2) is 0 Å². The fourth-order valence-electron chi connectivity index (χ4n) is 4.49. The van der Waals surface area contributed by atoms with E-state index in [0.29, 0.717) is 22.8 Å². The molecule has 148 valence electrons. The van der Waals surface area contributed by atoms with Crippen molar-refractivity contribution in [3.8, 4) is 0 Å². The van der Waals surface area contributed by atoms with E-state index in [4.69, 9.17) is 17.3 Å². The van der Waals surface area contributed by atoms with Gasteiger partial charge in [-0.25, -0.2) is 0 Å². The van der Waals surface area contributed by atoms with Crippen LogP contribution in [-0.4, -0.2) is 36.3 Å². The molecule has 27 heavy (non-hydrogen) atoms. The largest absolute Gasteiger partial charge is 0.339 e. The van der Waals surface area contributed by atoms with Gasteiger partial charge in [0.2, 0.25) is 5.91 Å². The summed E-state index contributed by atoms with van der Waals surface area (Å²) in [5.41, 5.74) is 6.90. The summed E-state index contributed by atoms with van der Waals surface area (Å²) in [5.74, 6) is 0.166. The van der Waals surface area contributed by atoms with Crippen molar-refractivity contribution in [3.05, 3.63) is 28.8 Å². The SMILES string of the molecule is CN(C(=O)c1ccc(NC(=O)[C@@H]2CCC[C@@H]2CN)cc1Cl)C1CCCCC1. The molecule has 0 saturated heterocycles. The lowest BCUT2D eigenvalue weighted by Crippen LogP contribution is -2.38. The van der Waals surface area contributed by atoms with E-state index in [0.717, 1.165) is 32.1 Å². The summed E-state index contributed by atoms with van der Waals surface area (Å²) in [6.07, 6.45) is 8.63. The minimum atomic E-state index is -0.0521. The quantitative estimate of drug-likeness (QED) is 0.794. The van der Waals surface area contributed by atoms with Crippen LogP contribution in [0.15, 0.2) is 18.2 Å². The Morgan fingerprint density at radius 3 is 2.56 bits per heavy atom. The van der Waals surface area contributed by atoms with Crippen molar-refractivity contribution in [1.29, 1.82) is 0 Å². The van der Waals surface area contributed by atoms with Gasteiger partial charge in [0.05, 0.1) is 10.6 Å². The number of nitrogens with zero attached hydrogens (tertiary/aromatic N) is 1. The van der Waals surface area contributed by atoms with Gasteiger partial charge < -0.3 is 16.0 Å². The number of anilines is 1. The number of carbonyl (C=O) groups is 2. The molecule has 6 heteroatoms. The molecule has 2 aliphatic carbocycles. The van der Waals surface area contributed by atoms with E-state index in [9.17, 15) is 9.59 Å². The third-order valence-corrected chi connectivity index (χ3v) is 6.52. The normalized spacial score (nSPS) is 23.2. The average Bonchev–Trinajstić information content (AvgIpc) is 3.17. The first kappa shape index (κ1) is 20.2. The topological polar surface area (TPSA) is 75.4 Å². The molecule has 2 atom stereocenters. The molecule has 2 saturated carbocycles. The second kappa shape index (κ2) is 9.07. The highest BCUT2D eigenvalue weighted by Crippen LogP contribution is 2.32. The molecule has 2 fully saturated rings. The minimum absolute atomic E-state index is 0.00239. The molecule has 5 nitrogen and oxygen atoms in total. The first-order valence-corrected chi connectivity index (χ1v) is 10.5. The summed E-state index contributed by atoms with van der Waals surface area (Å²) >= 11 is 6.39. The van der Waals surface area contributed by atoms with Crippen molar-refractivity contribution in [3.63, 3.8) is 0 Å². The number of nitrogens with two attached hydrogens (primary N) is 1. The van der Waals surface area contributed by atoms with E-state index in [1.807, 2.05) is 11.9 Å². The maximum absolute atomic E-state index is 12.8. The summed E-state index contributed by atoms with van der Waals surface area (Å²) < 4.78 is 0. The Morgan fingerprint density at radius 1 is 1.15 bits per heavy atom. The van der Waals surface area contributed by atoms with Gasteiger partial charge in [-0.2, -0.15) is 0 Å². The standard InChI is InChI=1S/C21H30ClN3O2/c1-25(16-7-3-2-4-8-16)21(27)18-11-10-15(12-19(18)22)24-20(26)17-9-5-6-14(17)13-23/h10-12,14,16-17H,2-9,13,23H2,1H3,(H,24,26)/t14-,17-/m1/s1. The zero-order valence-electron chi connectivity index (χ0n) is 16.0. The summed E-state index contributed by atoms with van der Waals surface area (Å²) in [7, 11) is 1.86. The smallest absolute Gasteiger partial charge is 0.255 e. The number of nitrogens with one attached hydrogen (secondary N) is 1. The molecule has 0 aliphatic heterocycles. The minimum Gasteiger partial charge on any atom is -0.339 e. The van der Waals surface area contributed by atoms with Gasteiger partial charge in [0.1, 0.15) is 0 Å². The first-order chi connectivity index (χ1) is 13.0. The second-order valence-corrected chi connectivity index (χ2v) is 8.33. The summed E-state index contributed by atoms with van der Waals surface area (Å²) in [6.45, 7) is 0.541. The Labute approximate surface area is 166 Å². The highest BCUT2D eigenvalue weighted by molar-refractivity contribution is 6.34. The van der Waals surface area contributed by atoms with Crippen LogP contribution in [0.1, 0.15) is 61.7 Å². The van der Waals surface area contributed by atoms with Crippen LogP contribution in [-0.2, 0) is 4.79 Å². The second-order valence-electron chi connectivity index (χ2n) is 7.92. The van der Waals surface area contributed by atoms with Crippen LogP contribution >= 0.6 is 11.6 Å². The van der Waals surface area contributed by atoms with Gasteiger partial charge in [-0.3, -0.25) is 9.59 Å². The fraction of sp³-hybridized carbons (Fsp3) is 0.619. The molecule has 2 aliphatic rings. The van der Waals surface area contributed by atoms with Gasteiger partial charge in [0.25, 0.3) is 5.91 Å². The van der Waals surface area contributed by atoms with Crippen molar-refractivity contribution in [2.75, 3.05) is 18.9 Å². The Hall–Kier alpha value is -1.59.